The van der Waals surface area contributed by atoms with Gasteiger partial charge in [-0.05, 0) is 68.8 Å². The highest BCUT2D eigenvalue weighted by Gasteiger charge is 2.05. The van der Waals surface area contributed by atoms with E-state index < -0.39 is 0 Å². The molecule has 0 radical (unpaired) electrons. The Kier molecular flexibility index (Phi) is 5.01. The third kappa shape index (κ3) is 3.97. The molecule has 0 saturated heterocycles. The van der Waals surface area contributed by atoms with Crippen molar-refractivity contribution in [2.75, 3.05) is 6.61 Å². The predicted molar refractivity (Wildman–Crippen MR) is 82.6 cm³/mol. The Balaban J connectivity index is 2.15. The molecular weight excluding hydrogens is 268 g/mol. The van der Waals surface area contributed by atoms with Gasteiger partial charge in [0.1, 0.15) is 5.75 Å². The number of benzene rings is 1. The van der Waals surface area contributed by atoms with E-state index in [1.54, 1.807) is 11.8 Å². The number of hydrogen-bond donors (Lipinski definition) is 0. The van der Waals surface area contributed by atoms with Crippen LogP contribution in [0.5, 0.6) is 5.75 Å². The summed E-state index contributed by atoms with van der Waals surface area (Å²) in [5.41, 5.74) is 3.15. The van der Waals surface area contributed by atoms with Gasteiger partial charge in [-0.15, -0.1) is 0 Å². The van der Waals surface area contributed by atoms with Gasteiger partial charge in [0, 0.05) is 16.3 Å². The first-order chi connectivity index (χ1) is 9.58. The van der Waals surface area contributed by atoms with Crippen LogP contribution in [0.25, 0.3) is 0 Å². The molecule has 4 heteroatoms. The maximum absolute atomic E-state index is 5.69. The minimum atomic E-state index is 0.757. The van der Waals surface area contributed by atoms with Crippen molar-refractivity contribution in [3.8, 4) is 5.75 Å². The smallest absolute Gasteiger partial charge is 0.192 e. The van der Waals surface area contributed by atoms with E-state index >= 15 is 0 Å². The summed E-state index contributed by atoms with van der Waals surface area (Å²) in [4.78, 5) is 10.0. The Morgan fingerprint density at radius 3 is 2.35 bits per heavy atom. The van der Waals surface area contributed by atoms with E-state index in [1.807, 2.05) is 26.0 Å². The van der Waals surface area contributed by atoms with Crippen LogP contribution in [0.4, 0.5) is 0 Å². The van der Waals surface area contributed by atoms with Gasteiger partial charge in [-0.2, -0.15) is 0 Å². The van der Waals surface area contributed by atoms with Gasteiger partial charge in [-0.25, -0.2) is 9.97 Å². The minimum absolute atomic E-state index is 0.757. The fraction of sp³-hybridized carbons (Fsp3) is 0.375. The van der Waals surface area contributed by atoms with Gasteiger partial charge < -0.3 is 4.74 Å². The largest absolute Gasteiger partial charge is 0.493 e. The Hall–Kier alpha value is -1.55. The molecule has 0 atom stereocenters. The van der Waals surface area contributed by atoms with Crippen molar-refractivity contribution in [2.45, 2.75) is 44.2 Å². The van der Waals surface area contributed by atoms with Gasteiger partial charge in [0.2, 0.25) is 0 Å². The van der Waals surface area contributed by atoms with E-state index in [2.05, 4.69) is 35.9 Å². The molecule has 0 spiro atoms. The molecule has 3 nitrogen and oxygen atoms in total. The quantitative estimate of drug-likeness (QED) is 0.767. The second-order valence-corrected chi connectivity index (χ2v) is 5.85. The van der Waals surface area contributed by atoms with Crippen LogP contribution in [0.1, 0.15) is 30.3 Å². The number of ether oxygens (including phenoxy) is 1. The van der Waals surface area contributed by atoms with Gasteiger partial charge in [0.05, 0.1) is 6.61 Å². The summed E-state index contributed by atoms with van der Waals surface area (Å²) < 4.78 is 5.69. The molecular formula is C16H20N2OS. The average molecular weight is 288 g/mol. The highest BCUT2D eigenvalue weighted by atomic mass is 32.2. The number of hydrogen-bond acceptors (Lipinski definition) is 4. The minimum Gasteiger partial charge on any atom is -0.493 e. The lowest BCUT2D eigenvalue weighted by atomic mass is 10.2. The van der Waals surface area contributed by atoms with Crippen LogP contribution in [-0.4, -0.2) is 16.6 Å². The van der Waals surface area contributed by atoms with E-state index in [-0.39, 0.29) is 0 Å². The highest BCUT2D eigenvalue weighted by molar-refractivity contribution is 7.99. The second kappa shape index (κ2) is 6.75. The Morgan fingerprint density at radius 2 is 1.75 bits per heavy atom. The van der Waals surface area contributed by atoms with E-state index in [4.69, 9.17) is 4.74 Å². The van der Waals surface area contributed by atoms with Crippen LogP contribution < -0.4 is 4.74 Å². The first-order valence-electron chi connectivity index (χ1n) is 6.82. The zero-order valence-corrected chi connectivity index (χ0v) is 13.3. The Morgan fingerprint density at radius 1 is 1.05 bits per heavy atom. The van der Waals surface area contributed by atoms with Gasteiger partial charge in [0.25, 0.3) is 0 Å². The van der Waals surface area contributed by atoms with Crippen molar-refractivity contribution in [3.05, 3.63) is 41.2 Å². The topological polar surface area (TPSA) is 35.0 Å². The molecule has 20 heavy (non-hydrogen) atoms. The van der Waals surface area contributed by atoms with Gasteiger partial charge in [0.15, 0.2) is 5.16 Å². The maximum atomic E-state index is 5.69. The molecule has 0 aliphatic carbocycles. The zero-order chi connectivity index (χ0) is 14.5. The fourth-order valence-corrected chi connectivity index (χ4v) is 2.87. The summed E-state index contributed by atoms with van der Waals surface area (Å²) >= 11 is 1.58. The van der Waals surface area contributed by atoms with Crippen molar-refractivity contribution < 1.29 is 4.74 Å². The number of aromatic nitrogens is 2. The lowest BCUT2D eigenvalue weighted by Crippen LogP contribution is -1.97. The molecule has 0 N–H and O–H groups in total. The molecule has 0 aliphatic heterocycles. The van der Waals surface area contributed by atoms with Crippen LogP contribution in [0.15, 0.2) is 34.3 Å². The highest BCUT2D eigenvalue weighted by Crippen LogP contribution is 2.29. The summed E-state index contributed by atoms with van der Waals surface area (Å²) in [6, 6.07) is 8.19. The summed E-state index contributed by atoms with van der Waals surface area (Å²) in [7, 11) is 0. The molecule has 2 aromatic rings. The van der Waals surface area contributed by atoms with Crippen LogP contribution in [0.3, 0.4) is 0 Å². The third-order valence-electron chi connectivity index (χ3n) is 2.78. The maximum Gasteiger partial charge on any atom is 0.192 e. The monoisotopic (exact) mass is 288 g/mol. The SMILES string of the molecule is CCCOc1ccc(Sc2nc(C)cc(C)n2)cc1C. The molecule has 0 aliphatic rings. The molecule has 0 saturated carbocycles. The van der Waals surface area contributed by atoms with Gasteiger partial charge in [-0.1, -0.05) is 6.92 Å². The van der Waals surface area contributed by atoms with Gasteiger partial charge >= 0.3 is 0 Å². The molecule has 0 amide bonds. The third-order valence-corrected chi connectivity index (χ3v) is 3.63. The molecule has 2 rings (SSSR count). The first-order valence-corrected chi connectivity index (χ1v) is 7.63. The lowest BCUT2D eigenvalue weighted by molar-refractivity contribution is 0.315. The summed E-state index contributed by atoms with van der Waals surface area (Å²) in [5.74, 6) is 0.956. The van der Waals surface area contributed by atoms with E-state index in [1.165, 1.54) is 0 Å². The normalized spacial score (nSPS) is 10.6. The van der Waals surface area contributed by atoms with Crippen molar-refractivity contribution in [1.82, 2.24) is 9.97 Å². The van der Waals surface area contributed by atoms with Crippen LogP contribution in [0.2, 0.25) is 0 Å². The first kappa shape index (κ1) is 14.9. The van der Waals surface area contributed by atoms with Gasteiger partial charge in [-0.3, -0.25) is 0 Å². The number of aryl methyl sites for hydroxylation is 3. The number of rotatable bonds is 5. The molecule has 106 valence electrons. The Bertz CT molecular complexity index is 579. The zero-order valence-electron chi connectivity index (χ0n) is 12.4. The second-order valence-electron chi connectivity index (χ2n) is 4.81. The van der Waals surface area contributed by atoms with Crippen LogP contribution >= 0.6 is 11.8 Å². The Labute approximate surface area is 124 Å². The van der Waals surface area contributed by atoms with Crippen LogP contribution in [0, 0.1) is 20.8 Å². The molecule has 1 aromatic carbocycles. The lowest BCUT2D eigenvalue weighted by Gasteiger charge is -2.09. The van der Waals surface area contributed by atoms with Crippen molar-refractivity contribution in [2.24, 2.45) is 0 Å². The summed E-state index contributed by atoms with van der Waals surface area (Å²) in [5, 5.41) is 0.795. The fourth-order valence-electron chi connectivity index (χ4n) is 1.90. The van der Waals surface area contributed by atoms with Crippen molar-refractivity contribution in [1.29, 1.82) is 0 Å². The van der Waals surface area contributed by atoms with Crippen molar-refractivity contribution in [3.63, 3.8) is 0 Å². The summed E-state index contributed by atoms with van der Waals surface area (Å²) in [6.07, 6.45) is 1.02. The van der Waals surface area contributed by atoms with Crippen LogP contribution in [-0.2, 0) is 0 Å². The van der Waals surface area contributed by atoms with E-state index in [0.717, 1.165) is 45.8 Å². The molecule has 1 aromatic heterocycles. The van der Waals surface area contributed by atoms with Crippen molar-refractivity contribution >= 4 is 11.8 Å². The number of nitrogens with zero attached hydrogens (tertiary/aromatic N) is 2. The van der Waals surface area contributed by atoms with E-state index in [0.29, 0.717) is 0 Å². The predicted octanol–water partition coefficient (Wildman–Crippen LogP) is 4.34. The molecule has 0 bridgehead atoms. The molecule has 0 unspecified atom stereocenters. The van der Waals surface area contributed by atoms with E-state index in [9.17, 15) is 0 Å². The molecule has 0 fully saturated rings. The summed E-state index contributed by atoms with van der Waals surface area (Å²) in [6.45, 7) is 8.92. The standard InChI is InChI=1S/C16H20N2OS/c1-5-8-19-15-7-6-14(9-11(15)2)20-16-17-12(3)10-13(4)18-16/h6-7,9-10H,5,8H2,1-4H3. The molecule has 1 heterocycles. The average Bonchev–Trinajstić information content (AvgIpc) is 2.36.